The lowest BCUT2D eigenvalue weighted by molar-refractivity contribution is -0.134. The number of rotatable bonds is 2. The minimum atomic E-state index is 0. The van der Waals surface area contributed by atoms with E-state index in [1.54, 1.807) is 0 Å². The van der Waals surface area contributed by atoms with Crippen LogP contribution in [-0.2, 0) is 9.53 Å². The van der Waals surface area contributed by atoms with Crippen molar-refractivity contribution in [1.29, 1.82) is 0 Å². The zero-order valence-corrected chi connectivity index (χ0v) is 6.73. The third kappa shape index (κ3) is 3.06. The molecule has 1 aliphatic carbocycles. The number of halogens is 1. The van der Waals surface area contributed by atoms with Gasteiger partial charge in [0.25, 0.3) is 6.47 Å². The van der Waals surface area contributed by atoms with E-state index in [-0.39, 0.29) is 18.5 Å². The van der Waals surface area contributed by atoms with Gasteiger partial charge in [0, 0.05) is 0 Å². The SMILES string of the molecule is Cl.O=COC1CCCCC1. The minimum Gasteiger partial charge on any atom is -0.465 e. The molecule has 0 atom stereocenters. The van der Waals surface area contributed by atoms with Gasteiger partial charge < -0.3 is 4.74 Å². The highest BCUT2D eigenvalue weighted by Crippen LogP contribution is 2.19. The number of carbonyl (C=O) groups excluding carboxylic acids is 1. The number of ether oxygens (including phenoxy) is 1. The summed E-state index contributed by atoms with van der Waals surface area (Å²) in [6.45, 7) is 0.565. The Hall–Kier alpha value is -0.240. The molecule has 0 unspecified atom stereocenters. The van der Waals surface area contributed by atoms with Crippen molar-refractivity contribution in [3.8, 4) is 0 Å². The molecule has 0 bridgehead atoms. The Labute approximate surface area is 67.4 Å². The van der Waals surface area contributed by atoms with Crippen LogP contribution < -0.4 is 0 Å². The fourth-order valence-electron chi connectivity index (χ4n) is 1.28. The summed E-state index contributed by atoms with van der Waals surface area (Å²) in [4.78, 5) is 9.85. The summed E-state index contributed by atoms with van der Waals surface area (Å²) >= 11 is 0. The first-order valence-electron chi connectivity index (χ1n) is 3.52. The molecule has 1 rings (SSSR count). The summed E-state index contributed by atoms with van der Waals surface area (Å²) in [7, 11) is 0. The van der Waals surface area contributed by atoms with Crippen LogP contribution in [0.2, 0.25) is 0 Å². The van der Waals surface area contributed by atoms with Crippen molar-refractivity contribution in [2.24, 2.45) is 0 Å². The average Bonchev–Trinajstić information content (AvgIpc) is 1.91. The Bertz CT molecular complexity index is 89.6. The fraction of sp³-hybridized carbons (Fsp3) is 0.857. The Morgan fingerprint density at radius 2 is 1.80 bits per heavy atom. The molecule has 10 heavy (non-hydrogen) atoms. The van der Waals surface area contributed by atoms with E-state index in [1.807, 2.05) is 0 Å². The van der Waals surface area contributed by atoms with Crippen molar-refractivity contribution in [3.63, 3.8) is 0 Å². The Balaban J connectivity index is 0.000000810. The van der Waals surface area contributed by atoms with Gasteiger partial charge in [-0.05, 0) is 25.7 Å². The minimum absolute atomic E-state index is 0. The topological polar surface area (TPSA) is 26.3 Å². The lowest BCUT2D eigenvalue weighted by Gasteiger charge is -2.18. The van der Waals surface area contributed by atoms with Crippen molar-refractivity contribution >= 4 is 18.9 Å². The van der Waals surface area contributed by atoms with Gasteiger partial charge in [-0.2, -0.15) is 0 Å². The molecule has 0 amide bonds. The van der Waals surface area contributed by atoms with Gasteiger partial charge in [-0.25, -0.2) is 0 Å². The highest BCUT2D eigenvalue weighted by Gasteiger charge is 2.12. The second-order valence-corrected chi connectivity index (χ2v) is 2.49. The highest BCUT2D eigenvalue weighted by molar-refractivity contribution is 5.85. The average molecular weight is 165 g/mol. The molecule has 0 aromatic heterocycles. The maximum absolute atomic E-state index is 9.85. The van der Waals surface area contributed by atoms with Crippen molar-refractivity contribution in [1.82, 2.24) is 0 Å². The molecule has 0 heterocycles. The van der Waals surface area contributed by atoms with Gasteiger partial charge in [-0.15, -0.1) is 12.4 Å². The van der Waals surface area contributed by atoms with Crippen LogP contribution in [0.25, 0.3) is 0 Å². The molecule has 1 saturated carbocycles. The van der Waals surface area contributed by atoms with E-state index in [1.165, 1.54) is 19.3 Å². The summed E-state index contributed by atoms with van der Waals surface area (Å²) in [6, 6.07) is 0. The van der Waals surface area contributed by atoms with Crippen LogP contribution in [0.1, 0.15) is 32.1 Å². The molecule has 60 valence electrons. The van der Waals surface area contributed by atoms with Gasteiger partial charge in [0.1, 0.15) is 6.10 Å². The second-order valence-electron chi connectivity index (χ2n) is 2.49. The van der Waals surface area contributed by atoms with E-state index in [0.717, 1.165) is 12.8 Å². The smallest absolute Gasteiger partial charge is 0.293 e. The molecule has 0 aromatic carbocycles. The predicted molar refractivity (Wildman–Crippen MR) is 41.3 cm³/mol. The zero-order chi connectivity index (χ0) is 6.53. The summed E-state index contributed by atoms with van der Waals surface area (Å²) in [6.07, 6.45) is 6.11. The molecule has 0 aromatic rings. The largest absolute Gasteiger partial charge is 0.465 e. The van der Waals surface area contributed by atoms with Crippen LogP contribution >= 0.6 is 12.4 Å². The van der Waals surface area contributed by atoms with E-state index in [9.17, 15) is 4.79 Å². The molecule has 0 radical (unpaired) electrons. The maximum Gasteiger partial charge on any atom is 0.293 e. The number of hydrogen-bond donors (Lipinski definition) is 0. The molecular formula is C7H13ClO2. The summed E-state index contributed by atoms with van der Waals surface area (Å²) < 4.78 is 4.80. The molecule has 1 fully saturated rings. The highest BCUT2D eigenvalue weighted by atomic mass is 35.5. The Morgan fingerprint density at radius 3 is 2.30 bits per heavy atom. The van der Waals surface area contributed by atoms with Gasteiger partial charge in [-0.1, -0.05) is 6.42 Å². The molecule has 2 nitrogen and oxygen atoms in total. The van der Waals surface area contributed by atoms with E-state index in [2.05, 4.69) is 0 Å². The third-order valence-corrected chi connectivity index (χ3v) is 1.80. The van der Waals surface area contributed by atoms with Crippen LogP contribution in [-0.4, -0.2) is 12.6 Å². The summed E-state index contributed by atoms with van der Waals surface area (Å²) in [5, 5.41) is 0. The van der Waals surface area contributed by atoms with Crippen molar-refractivity contribution < 1.29 is 9.53 Å². The van der Waals surface area contributed by atoms with Crippen LogP contribution in [0.3, 0.4) is 0 Å². The normalized spacial score (nSPS) is 19.2. The quantitative estimate of drug-likeness (QED) is 0.583. The monoisotopic (exact) mass is 164 g/mol. The molecule has 0 spiro atoms. The van der Waals surface area contributed by atoms with Crippen molar-refractivity contribution in [2.45, 2.75) is 38.2 Å². The van der Waals surface area contributed by atoms with Gasteiger partial charge in [-0.3, -0.25) is 4.79 Å². The van der Waals surface area contributed by atoms with Crippen LogP contribution in [0.5, 0.6) is 0 Å². The Morgan fingerprint density at radius 1 is 1.20 bits per heavy atom. The van der Waals surface area contributed by atoms with Gasteiger partial charge >= 0.3 is 0 Å². The number of hydrogen-bond acceptors (Lipinski definition) is 2. The van der Waals surface area contributed by atoms with E-state index < -0.39 is 0 Å². The predicted octanol–water partition coefficient (Wildman–Crippen LogP) is 1.91. The molecule has 3 heteroatoms. The van der Waals surface area contributed by atoms with Gasteiger partial charge in [0.15, 0.2) is 0 Å². The van der Waals surface area contributed by atoms with Crippen LogP contribution in [0, 0.1) is 0 Å². The van der Waals surface area contributed by atoms with E-state index in [4.69, 9.17) is 4.74 Å². The van der Waals surface area contributed by atoms with Gasteiger partial charge in [0.2, 0.25) is 0 Å². The number of carbonyl (C=O) groups is 1. The van der Waals surface area contributed by atoms with Crippen molar-refractivity contribution in [2.75, 3.05) is 0 Å². The van der Waals surface area contributed by atoms with E-state index in [0.29, 0.717) is 6.47 Å². The first kappa shape index (κ1) is 9.76. The molecule has 0 aliphatic heterocycles. The summed E-state index contributed by atoms with van der Waals surface area (Å²) in [5.74, 6) is 0. The molecule has 1 aliphatic rings. The van der Waals surface area contributed by atoms with Crippen molar-refractivity contribution in [3.05, 3.63) is 0 Å². The van der Waals surface area contributed by atoms with Crippen LogP contribution in [0.4, 0.5) is 0 Å². The zero-order valence-electron chi connectivity index (χ0n) is 5.91. The lowest BCUT2D eigenvalue weighted by atomic mass is 9.98. The Kier molecular flexibility index (Phi) is 5.40. The third-order valence-electron chi connectivity index (χ3n) is 1.80. The van der Waals surface area contributed by atoms with Crippen LogP contribution in [0.15, 0.2) is 0 Å². The molecule has 0 saturated heterocycles. The second kappa shape index (κ2) is 5.54. The lowest BCUT2D eigenvalue weighted by Crippen LogP contribution is -2.15. The first-order chi connectivity index (χ1) is 4.43. The van der Waals surface area contributed by atoms with E-state index >= 15 is 0 Å². The van der Waals surface area contributed by atoms with Gasteiger partial charge in [0.05, 0.1) is 0 Å². The molecular weight excluding hydrogens is 152 g/mol. The molecule has 0 N–H and O–H groups in total. The standard InChI is InChI=1S/C7H12O2.ClH/c8-6-9-7-4-2-1-3-5-7;/h6-7H,1-5H2;1H. The maximum atomic E-state index is 9.85. The summed E-state index contributed by atoms with van der Waals surface area (Å²) in [5.41, 5.74) is 0. The first-order valence-corrected chi connectivity index (χ1v) is 3.52. The fourth-order valence-corrected chi connectivity index (χ4v) is 1.28.